The maximum atomic E-state index is 4.74. The lowest BCUT2D eigenvalue weighted by atomic mass is 10.4. The summed E-state index contributed by atoms with van der Waals surface area (Å²) in [4.78, 5) is 6.00. The van der Waals surface area contributed by atoms with E-state index in [1.165, 1.54) is 4.90 Å². The monoisotopic (exact) mass is 449 g/mol. The zero-order valence-electron chi connectivity index (χ0n) is 18.1. The van der Waals surface area contributed by atoms with E-state index in [9.17, 15) is 0 Å². The second-order valence-electron chi connectivity index (χ2n) is 7.02. The van der Waals surface area contributed by atoms with Gasteiger partial charge in [0, 0.05) is 42.9 Å². The van der Waals surface area contributed by atoms with E-state index < -0.39 is 0 Å². The number of aromatic nitrogens is 6. The molecule has 0 saturated carbocycles. The highest BCUT2D eigenvalue weighted by atomic mass is 32.2. The predicted octanol–water partition coefficient (Wildman–Crippen LogP) is 2.41. The molecule has 0 unspecified atom stereocenters. The molecular weight excluding hydrogens is 422 g/mol. The third kappa shape index (κ3) is 5.85. The molecular formula is C22H27N9S. The highest BCUT2D eigenvalue weighted by Crippen LogP contribution is 2.15. The molecule has 3 aromatic heterocycles. The SMILES string of the molecule is CCc1nncn1CCNC(=NCc1nnc2ccccn12)NCCSc1ccccc1. The van der Waals surface area contributed by atoms with Crippen molar-refractivity contribution >= 4 is 23.4 Å². The van der Waals surface area contributed by atoms with Crippen molar-refractivity contribution < 1.29 is 0 Å². The van der Waals surface area contributed by atoms with Crippen LogP contribution in [0.3, 0.4) is 0 Å². The number of nitrogens with zero attached hydrogens (tertiary/aromatic N) is 7. The molecule has 0 saturated heterocycles. The summed E-state index contributed by atoms with van der Waals surface area (Å²) in [7, 11) is 0. The van der Waals surface area contributed by atoms with E-state index in [0.29, 0.717) is 13.1 Å². The van der Waals surface area contributed by atoms with Crippen molar-refractivity contribution in [2.75, 3.05) is 18.8 Å². The van der Waals surface area contributed by atoms with Crippen LogP contribution in [0.1, 0.15) is 18.6 Å². The van der Waals surface area contributed by atoms with Gasteiger partial charge in [0.15, 0.2) is 17.4 Å². The molecule has 2 N–H and O–H groups in total. The van der Waals surface area contributed by atoms with E-state index in [-0.39, 0.29) is 0 Å². The van der Waals surface area contributed by atoms with Gasteiger partial charge < -0.3 is 15.2 Å². The van der Waals surface area contributed by atoms with E-state index in [4.69, 9.17) is 4.99 Å². The third-order valence-corrected chi connectivity index (χ3v) is 5.84. The molecule has 4 aromatic rings. The molecule has 0 aliphatic rings. The zero-order chi connectivity index (χ0) is 22.0. The van der Waals surface area contributed by atoms with Crippen molar-refractivity contribution in [1.29, 1.82) is 0 Å². The van der Waals surface area contributed by atoms with Crippen LogP contribution in [-0.2, 0) is 19.5 Å². The van der Waals surface area contributed by atoms with Crippen molar-refractivity contribution in [2.24, 2.45) is 4.99 Å². The van der Waals surface area contributed by atoms with Gasteiger partial charge in [0.05, 0.1) is 0 Å². The second kappa shape index (κ2) is 11.3. The first kappa shape index (κ1) is 21.8. The van der Waals surface area contributed by atoms with Gasteiger partial charge in [-0.3, -0.25) is 4.40 Å². The molecule has 3 heterocycles. The summed E-state index contributed by atoms with van der Waals surface area (Å²) in [6, 6.07) is 16.2. The van der Waals surface area contributed by atoms with Crippen LogP contribution in [0.15, 0.2) is 70.9 Å². The van der Waals surface area contributed by atoms with Crippen molar-refractivity contribution in [2.45, 2.75) is 31.3 Å². The smallest absolute Gasteiger partial charge is 0.191 e. The Balaban J connectivity index is 1.36. The standard InChI is InChI=1S/C22H27N9S/c1-2-19-27-26-17-30(19)14-11-23-22(24-12-15-32-18-8-4-3-5-9-18)25-16-21-29-28-20-10-6-7-13-31(20)21/h3-10,13,17H,2,11-12,14-16H2,1H3,(H2,23,24,25). The average Bonchev–Trinajstić information content (AvgIpc) is 3.47. The van der Waals surface area contributed by atoms with E-state index in [1.807, 2.05) is 46.6 Å². The molecule has 0 fully saturated rings. The Labute approximate surface area is 191 Å². The molecule has 0 aliphatic heterocycles. The Morgan fingerprint density at radius 2 is 1.81 bits per heavy atom. The number of benzene rings is 1. The van der Waals surface area contributed by atoms with Gasteiger partial charge in [-0.05, 0) is 24.3 Å². The van der Waals surface area contributed by atoms with Crippen molar-refractivity contribution in [3.63, 3.8) is 0 Å². The molecule has 9 nitrogen and oxygen atoms in total. The molecule has 0 spiro atoms. The van der Waals surface area contributed by atoms with Crippen molar-refractivity contribution in [1.82, 2.24) is 40.0 Å². The molecule has 166 valence electrons. The molecule has 32 heavy (non-hydrogen) atoms. The van der Waals surface area contributed by atoms with Crippen molar-refractivity contribution in [3.05, 3.63) is 72.7 Å². The Hall–Kier alpha value is -3.40. The van der Waals surface area contributed by atoms with Crippen LogP contribution >= 0.6 is 11.8 Å². The first-order valence-electron chi connectivity index (χ1n) is 10.7. The van der Waals surface area contributed by atoms with Crippen molar-refractivity contribution in [3.8, 4) is 0 Å². The number of pyridine rings is 1. The maximum Gasteiger partial charge on any atom is 0.191 e. The molecule has 0 aliphatic carbocycles. The maximum absolute atomic E-state index is 4.74. The summed E-state index contributed by atoms with van der Waals surface area (Å²) in [5.74, 6) is 3.46. The molecule has 10 heteroatoms. The fraction of sp³-hybridized carbons (Fsp3) is 0.318. The zero-order valence-corrected chi connectivity index (χ0v) is 18.9. The summed E-state index contributed by atoms with van der Waals surface area (Å²) >= 11 is 1.81. The summed E-state index contributed by atoms with van der Waals surface area (Å²) in [6.45, 7) is 4.78. The minimum Gasteiger partial charge on any atom is -0.356 e. The lowest BCUT2D eigenvalue weighted by molar-refractivity contribution is 0.632. The van der Waals surface area contributed by atoms with Crippen LogP contribution in [0.5, 0.6) is 0 Å². The lowest BCUT2D eigenvalue weighted by Gasteiger charge is -2.13. The predicted molar refractivity (Wildman–Crippen MR) is 127 cm³/mol. The molecule has 1 aromatic carbocycles. The largest absolute Gasteiger partial charge is 0.356 e. The van der Waals surface area contributed by atoms with Gasteiger partial charge >= 0.3 is 0 Å². The summed E-state index contributed by atoms with van der Waals surface area (Å²) in [5.41, 5.74) is 0.819. The number of fused-ring (bicyclic) bond motifs is 1. The first-order chi connectivity index (χ1) is 15.8. The molecule has 0 bridgehead atoms. The Morgan fingerprint density at radius 3 is 2.69 bits per heavy atom. The van der Waals surface area contributed by atoms with Gasteiger partial charge in [0.2, 0.25) is 0 Å². The van der Waals surface area contributed by atoms with Crippen LogP contribution in [0.2, 0.25) is 0 Å². The highest BCUT2D eigenvalue weighted by Gasteiger charge is 2.06. The quantitative estimate of drug-likeness (QED) is 0.166. The molecule has 4 rings (SSSR count). The Bertz CT molecular complexity index is 1140. The molecule has 0 radical (unpaired) electrons. The van der Waals surface area contributed by atoms with Crippen LogP contribution < -0.4 is 10.6 Å². The van der Waals surface area contributed by atoms with Crippen LogP contribution in [-0.4, -0.2) is 54.2 Å². The third-order valence-electron chi connectivity index (χ3n) is 4.83. The fourth-order valence-corrected chi connectivity index (χ4v) is 4.00. The first-order valence-corrected chi connectivity index (χ1v) is 11.7. The number of aryl methyl sites for hydroxylation is 1. The van der Waals surface area contributed by atoms with Gasteiger partial charge in [0.1, 0.15) is 18.7 Å². The number of thioether (sulfide) groups is 1. The van der Waals surface area contributed by atoms with Crippen LogP contribution in [0.25, 0.3) is 5.65 Å². The van der Waals surface area contributed by atoms with Gasteiger partial charge in [0.25, 0.3) is 0 Å². The summed E-state index contributed by atoms with van der Waals surface area (Å²) in [6.07, 6.45) is 4.58. The van der Waals surface area contributed by atoms with Gasteiger partial charge in [-0.2, -0.15) is 0 Å². The molecule has 0 atom stereocenters. The minimum atomic E-state index is 0.430. The number of hydrogen-bond donors (Lipinski definition) is 2. The van der Waals surface area contributed by atoms with Gasteiger partial charge in [-0.15, -0.1) is 32.2 Å². The van der Waals surface area contributed by atoms with E-state index in [1.54, 1.807) is 6.33 Å². The normalized spacial score (nSPS) is 11.7. The number of guanidine groups is 1. The Morgan fingerprint density at radius 1 is 0.969 bits per heavy atom. The van der Waals surface area contributed by atoms with Crippen LogP contribution in [0, 0.1) is 0 Å². The number of hydrogen-bond acceptors (Lipinski definition) is 6. The Kier molecular flexibility index (Phi) is 7.69. The van der Waals surface area contributed by atoms with E-state index in [0.717, 1.165) is 48.5 Å². The summed E-state index contributed by atoms with van der Waals surface area (Å²) < 4.78 is 4.01. The number of rotatable bonds is 10. The minimum absolute atomic E-state index is 0.430. The fourth-order valence-electron chi connectivity index (χ4n) is 3.21. The topological polar surface area (TPSA) is 97.3 Å². The molecule has 0 amide bonds. The van der Waals surface area contributed by atoms with Crippen LogP contribution in [0.4, 0.5) is 0 Å². The van der Waals surface area contributed by atoms with E-state index in [2.05, 4.69) is 66.8 Å². The van der Waals surface area contributed by atoms with Gasteiger partial charge in [-0.25, -0.2) is 4.99 Å². The lowest BCUT2D eigenvalue weighted by Crippen LogP contribution is -2.40. The second-order valence-corrected chi connectivity index (χ2v) is 8.19. The number of nitrogens with one attached hydrogen (secondary N) is 2. The number of aliphatic imine (C=N–C) groups is 1. The average molecular weight is 450 g/mol. The summed E-state index contributed by atoms with van der Waals surface area (Å²) in [5, 5.41) is 23.5. The van der Waals surface area contributed by atoms with E-state index >= 15 is 0 Å². The highest BCUT2D eigenvalue weighted by molar-refractivity contribution is 7.99. The van der Waals surface area contributed by atoms with Gasteiger partial charge in [-0.1, -0.05) is 31.2 Å².